The van der Waals surface area contributed by atoms with Crippen LogP contribution in [-0.4, -0.2) is 96.7 Å². The molecule has 0 aromatic rings. The average molecular weight is 1410 g/mol. The Balaban J connectivity index is 5.20. The van der Waals surface area contributed by atoms with Crippen molar-refractivity contribution >= 4 is 39.5 Å². The largest absolute Gasteiger partial charge is 0.472 e. The molecular weight excluding hydrogens is 1260 g/mol. The first-order chi connectivity index (χ1) is 46.2. The summed E-state index contributed by atoms with van der Waals surface area (Å²) in [6.45, 7) is 14.2. The third kappa shape index (κ3) is 65.4. The van der Waals surface area contributed by atoms with Crippen LogP contribution in [0.4, 0.5) is 0 Å². The Bertz CT molecular complexity index is 1890. The van der Waals surface area contributed by atoms with Crippen LogP contribution >= 0.6 is 15.6 Å². The van der Waals surface area contributed by atoms with E-state index in [0.717, 1.165) is 120 Å². The number of aliphatic hydroxyl groups excluding tert-OH is 1. The Morgan fingerprint density at radius 1 is 0.281 bits per heavy atom. The minimum atomic E-state index is -4.96. The molecule has 3 N–H and O–H groups in total. The van der Waals surface area contributed by atoms with Crippen LogP contribution in [0, 0.1) is 23.7 Å². The predicted octanol–water partition coefficient (Wildman–Crippen LogP) is 22.4. The number of esters is 4. The quantitative estimate of drug-likeness (QED) is 0.0222. The van der Waals surface area contributed by atoms with E-state index in [2.05, 4.69) is 55.4 Å². The third-order valence-corrected chi connectivity index (χ3v) is 21.2. The van der Waals surface area contributed by atoms with Crippen molar-refractivity contribution in [3.63, 3.8) is 0 Å². The monoisotopic (exact) mass is 1410 g/mol. The van der Waals surface area contributed by atoms with E-state index in [4.69, 9.17) is 37.0 Å². The van der Waals surface area contributed by atoms with E-state index < -0.39 is 97.5 Å². The molecule has 0 aromatic heterocycles. The van der Waals surface area contributed by atoms with Crippen molar-refractivity contribution in [2.75, 3.05) is 39.6 Å². The number of hydrogen-bond donors (Lipinski definition) is 3. The summed E-state index contributed by atoms with van der Waals surface area (Å²) in [5.74, 6) is 1.03. The smallest absolute Gasteiger partial charge is 0.462 e. The second-order valence-electron chi connectivity index (χ2n) is 28.7. The number of rotatable bonds is 74. The fourth-order valence-electron chi connectivity index (χ4n) is 11.6. The fraction of sp³-hybridized carbons (Fsp3) is 0.948. The van der Waals surface area contributed by atoms with Gasteiger partial charge in [0, 0.05) is 25.7 Å². The molecule has 0 radical (unpaired) electrons. The number of unbranched alkanes of at least 4 members (excludes halogenated alkanes) is 36. The normalized spacial score (nSPS) is 15.2. The number of ether oxygens (including phenoxy) is 4. The molecule has 0 saturated heterocycles. The molecule has 0 aliphatic carbocycles. The first-order valence-electron chi connectivity index (χ1n) is 39.9. The van der Waals surface area contributed by atoms with Gasteiger partial charge in [0.05, 0.1) is 26.4 Å². The van der Waals surface area contributed by atoms with E-state index >= 15 is 0 Å². The molecule has 9 atom stereocenters. The molecular formula is C77H150O17P2. The third-order valence-electron chi connectivity index (χ3n) is 19.3. The van der Waals surface area contributed by atoms with Gasteiger partial charge in [-0.25, -0.2) is 9.13 Å². The summed E-state index contributed by atoms with van der Waals surface area (Å²) in [4.78, 5) is 72.8. The first kappa shape index (κ1) is 94.1. The standard InChI is InChI=1S/C77H150O17P2/c1-9-67(5)53-45-37-29-23-21-19-17-15-13-14-16-18-20-22-24-33-43-51-59-76(81)93-72(63-87-74(79)57-49-41-32-27-25-30-38-46-54-68(6)10-2)65-91-95(83,84)89-61-71(78)62-90-96(85,86)92-66-73(64-88-75(80)58-50-42-36-35-40-48-56-70(8)12-4)94-77(82)60-52-44-34-28-26-31-39-47-55-69(7)11-3/h67-73,78H,9-66H2,1-8H3,(H,83,84)(H,85,86)/t67?,68?,69?,70?,71-,72-,73-/m1/s1. The molecule has 0 fully saturated rings. The van der Waals surface area contributed by atoms with Crippen LogP contribution in [0.1, 0.15) is 389 Å². The van der Waals surface area contributed by atoms with Gasteiger partial charge in [0.15, 0.2) is 12.2 Å². The van der Waals surface area contributed by atoms with Gasteiger partial charge in [0.2, 0.25) is 0 Å². The zero-order valence-corrected chi connectivity index (χ0v) is 64.8. The molecule has 17 nitrogen and oxygen atoms in total. The van der Waals surface area contributed by atoms with Gasteiger partial charge in [-0.3, -0.25) is 37.3 Å². The van der Waals surface area contributed by atoms with Gasteiger partial charge >= 0.3 is 39.5 Å². The van der Waals surface area contributed by atoms with Crippen molar-refractivity contribution in [2.24, 2.45) is 23.7 Å². The van der Waals surface area contributed by atoms with Crippen LogP contribution in [0.3, 0.4) is 0 Å². The Kier molecular flexibility index (Phi) is 65.0. The van der Waals surface area contributed by atoms with Crippen molar-refractivity contribution in [1.82, 2.24) is 0 Å². The van der Waals surface area contributed by atoms with Gasteiger partial charge in [-0.15, -0.1) is 0 Å². The summed E-state index contributed by atoms with van der Waals surface area (Å²) in [7, 11) is -9.91. The molecule has 96 heavy (non-hydrogen) atoms. The molecule has 19 heteroatoms. The van der Waals surface area contributed by atoms with E-state index in [9.17, 15) is 43.2 Å². The number of phosphoric acid groups is 2. The summed E-state index contributed by atoms with van der Waals surface area (Å²) in [6, 6.07) is 0. The maximum atomic E-state index is 13.1. The highest BCUT2D eigenvalue weighted by molar-refractivity contribution is 7.47. The van der Waals surface area contributed by atoms with Gasteiger partial charge in [-0.1, -0.05) is 338 Å². The maximum Gasteiger partial charge on any atom is 0.472 e. The maximum absolute atomic E-state index is 13.1. The van der Waals surface area contributed by atoms with E-state index in [0.29, 0.717) is 25.7 Å². The minimum Gasteiger partial charge on any atom is -0.462 e. The van der Waals surface area contributed by atoms with Crippen LogP contribution in [0.25, 0.3) is 0 Å². The van der Waals surface area contributed by atoms with Gasteiger partial charge in [0.1, 0.15) is 19.3 Å². The fourth-order valence-corrected chi connectivity index (χ4v) is 13.2. The lowest BCUT2D eigenvalue weighted by atomic mass is 9.99. The number of carbonyl (C=O) groups excluding carboxylic acids is 4. The van der Waals surface area contributed by atoms with Crippen LogP contribution in [0.2, 0.25) is 0 Å². The second-order valence-corrected chi connectivity index (χ2v) is 31.6. The molecule has 0 spiro atoms. The summed E-state index contributed by atoms with van der Waals surface area (Å²) >= 11 is 0. The second kappa shape index (κ2) is 66.3. The molecule has 0 saturated carbocycles. The zero-order chi connectivity index (χ0) is 71.0. The van der Waals surface area contributed by atoms with Gasteiger partial charge in [-0.05, 0) is 49.4 Å². The summed E-state index contributed by atoms with van der Waals surface area (Å²) < 4.78 is 68.5. The number of aliphatic hydroxyl groups is 1. The zero-order valence-electron chi connectivity index (χ0n) is 63.0. The lowest BCUT2D eigenvalue weighted by molar-refractivity contribution is -0.161. The Morgan fingerprint density at radius 3 is 0.688 bits per heavy atom. The molecule has 0 aliphatic heterocycles. The SMILES string of the molecule is CCC(C)CCCCCCCCCCCCCCCCCCCCC(=O)O[C@H](COC(=O)CCCCCCCCCCC(C)CC)COP(=O)(O)OC[C@@H](O)COP(=O)(O)OC[C@@H](COC(=O)CCCCCCCCC(C)CC)OC(=O)CCCCCCCCCCC(C)CC. The van der Waals surface area contributed by atoms with Crippen LogP contribution < -0.4 is 0 Å². The minimum absolute atomic E-state index is 0.104. The number of hydrogen-bond acceptors (Lipinski definition) is 15. The topological polar surface area (TPSA) is 237 Å². The molecule has 0 rings (SSSR count). The van der Waals surface area contributed by atoms with E-state index in [-0.39, 0.29) is 25.7 Å². The number of carbonyl (C=O) groups is 4. The molecule has 0 bridgehead atoms. The van der Waals surface area contributed by atoms with Crippen LogP contribution in [0.5, 0.6) is 0 Å². The van der Waals surface area contributed by atoms with Crippen LogP contribution in [-0.2, 0) is 65.4 Å². The highest BCUT2D eigenvalue weighted by Gasteiger charge is 2.30. The average Bonchev–Trinajstić information content (AvgIpc) is 1.45. The lowest BCUT2D eigenvalue weighted by Gasteiger charge is -2.21. The van der Waals surface area contributed by atoms with Gasteiger partial charge < -0.3 is 33.8 Å². The Labute approximate surface area is 588 Å². The van der Waals surface area contributed by atoms with Gasteiger partial charge in [-0.2, -0.15) is 0 Å². The summed E-state index contributed by atoms with van der Waals surface area (Å²) in [5.41, 5.74) is 0. The van der Waals surface area contributed by atoms with Gasteiger partial charge in [0.25, 0.3) is 0 Å². The molecule has 570 valence electrons. The Hall–Kier alpha value is -1.94. The molecule has 6 unspecified atom stereocenters. The van der Waals surface area contributed by atoms with Crippen molar-refractivity contribution < 1.29 is 80.2 Å². The van der Waals surface area contributed by atoms with Crippen molar-refractivity contribution in [3.8, 4) is 0 Å². The van der Waals surface area contributed by atoms with Crippen molar-refractivity contribution in [1.29, 1.82) is 0 Å². The lowest BCUT2D eigenvalue weighted by Crippen LogP contribution is -2.30. The molecule has 0 aliphatic rings. The molecule has 0 heterocycles. The van der Waals surface area contributed by atoms with Crippen molar-refractivity contribution in [3.05, 3.63) is 0 Å². The Morgan fingerprint density at radius 2 is 0.469 bits per heavy atom. The highest BCUT2D eigenvalue weighted by atomic mass is 31.2. The van der Waals surface area contributed by atoms with E-state index in [1.54, 1.807) is 0 Å². The first-order valence-corrected chi connectivity index (χ1v) is 42.8. The van der Waals surface area contributed by atoms with E-state index in [1.165, 1.54) is 186 Å². The summed E-state index contributed by atoms with van der Waals surface area (Å²) in [6.07, 6.45) is 51.4. The van der Waals surface area contributed by atoms with E-state index in [1.807, 2.05) is 0 Å². The van der Waals surface area contributed by atoms with Crippen LogP contribution in [0.15, 0.2) is 0 Å². The predicted molar refractivity (Wildman–Crippen MR) is 391 cm³/mol. The molecule has 0 amide bonds. The summed E-state index contributed by atoms with van der Waals surface area (Å²) in [5, 5.41) is 10.6. The highest BCUT2D eigenvalue weighted by Crippen LogP contribution is 2.45. The molecule has 0 aromatic carbocycles. The number of phosphoric ester groups is 2. The van der Waals surface area contributed by atoms with Crippen molar-refractivity contribution in [2.45, 2.75) is 408 Å².